The number of aromatic nitrogens is 3. The minimum Gasteiger partial charge on any atom is -0.510 e. The topological polar surface area (TPSA) is 106 Å². The lowest BCUT2D eigenvalue weighted by Gasteiger charge is -2.25. The molecular formula is C34H38N4O3. The van der Waals surface area contributed by atoms with Gasteiger partial charge < -0.3 is 30.1 Å². The average Bonchev–Trinajstić information content (AvgIpc) is 3.69. The average molecular weight is 551 g/mol. The third kappa shape index (κ3) is 3.75. The van der Waals surface area contributed by atoms with E-state index < -0.39 is 11.9 Å². The lowest BCUT2D eigenvalue weighted by molar-refractivity contribution is -0.142. The zero-order chi connectivity index (χ0) is 29.3. The normalized spacial score (nSPS) is 25.5. The quantitative estimate of drug-likeness (QED) is 0.316. The highest BCUT2D eigenvalue weighted by atomic mass is 16.5. The Morgan fingerprint density at radius 3 is 2.41 bits per heavy atom. The number of carbonyl (C=O) groups is 1. The van der Waals surface area contributed by atoms with E-state index in [2.05, 4.69) is 79.9 Å². The molecule has 0 radical (unpaired) electrons. The monoisotopic (exact) mass is 550 g/mol. The van der Waals surface area contributed by atoms with Crippen LogP contribution in [0.1, 0.15) is 61.0 Å². The number of rotatable bonds is 4. The van der Waals surface area contributed by atoms with Gasteiger partial charge in [0.15, 0.2) is 0 Å². The van der Waals surface area contributed by atoms with Crippen molar-refractivity contribution >= 4 is 54.8 Å². The van der Waals surface area contributed by atoms with E-state index in [9.17, 15) is 9.90 Å². The van der Waals surface area contributed by atoms with Crippen LogP contribution in [0.2, 0.25) is 0 Å². The molecule has 3 aromatic rings. The molecule has 1 aliphatic carbocycles. The van der Waals surface area contributed by atoms with Crippen molar-refractivity contribution in [1.29, 1.82) is 0 Å². The third-order valence-electron chi connectivity index (χ3n) is 9.48. The summed E-state index contributed by atoms with van der Waals surface area (Å²) < 4.78 is 5.21. The largest absolute Gasteiger partial charge is 0.510 e. The van der Waals surface area contributed by atoms with Gasteiger partial charge in [0.05, 0.1) is 18.5 Å². The summed E-state index contributed by atoms with van der Waals surface area (Å²) in [6, 6.07) is -0.192. The molecule has 212 valence electrons. The first-order valence-corrected chi connectivity index (χ1v) is 14.3. The number of H-pyrrole nitrogens is 3. The maximum absolute atomic E-state index is 13.2. The molecule has 1 saturated heterocycles. The maximum Gasteiger partial charge on any atom is 0.320 e. The van der Waals surface area contributed by atoms with E-state index in [4.69, 9.17) is 4.74 Å². The molecule has 7 nitrogen and oxygen atoms in total. The van der Waals surface area contributed by atoms with Crippen molar-refractivity contribution in [3.63, 3.8) is 0 Å². The summed E-state index contributed by atoms with van der Waals surface area (Å²) in [4.78, 5) is 23.9. The van der Waals surface area contributed by atoms with Gasteiger partial charge >= 0.3 is 5.97 Å². The van der Waals surface area contributed by atoms with Gasteiger partial charge in [-0.25, -0.2) is 0 Å². The molecule has 3 aromatic heterocycles. The molecule has 0 amide bonds. The van der Waals surface area contributed by atoms with E-state index in [1.165, 1.54) is 7.11 Å². The van der Waals surface area contributed by atoms with Crippen LogP contribution in [-0.4, -0.2) is 39.2 Å². The standard InChI is InChI=1S/C34H38N4O3/c1-9-19-15(4)22-12-24-17(6)21(11-3)31(37-24)29-30(34(40)41-8)33(39)28-18(7)25(38-32(28)29)14-27-20(10-2)16(5)23(36-27)13-26(19)35-22/h9,12-14,17,21,30-31,35-39H,1,5,7,10-11H2,2-4,6,8H3/b23-13-,24-12-,25-14-/t17-,21-,30+,31?/m0/s1. The number of fused-ring (bicyclic) bond motifs is 8. The van der Waals surface area contributed by atoms with Crippen LogP contribution in [0.5, 0.6) is 0 Å². The summed E-state index contributed by atoms with van der Waals surface area (Å²) in [5, 5.41) is 19.9. The van der Waals surface area contributed by atoms with Gasteiger partial charge in [-0.1, -0.05) is 53.0 Å². The van der Waals surface area contributed by atoms with Gasteiger partial charge in [0.25, 0.3) is 0 Å². The fraction of sp³-hybridized carbons (Fsp3) is 0.324. The molecule has 1 fully saturated rings. The first kappa shape index (κ1) is 26.8. The summed E-state index contributed by atoms with van der Waals surface area (Å²) in [5.74, 6) is -1.02. The molecule has 41 heavy (non-hydrogen) atoms. The van der Waals surface area contributed by atoms with Gasteiger partial charge in [0.1, 0.15) is 11.7 Å². The second-order valence-corrected chi connectivity index (χ2v) is 11.4. The van der Waals surface area contributed by atoms with E-state index in [-0.39, 0.29) is 23.6 Å². The number of carbonyl (C=O) groups excluding carboxylic acids is 1. The third-order valence-corrected chi connectivity index (χ3v) is 9.48. The van der Waals surface area contributed by atoms with Crippen LogP contribution in [0.15, 0.2) is 12.3 Å². The Bertz CT molecular complexity index is 2020. The van der Waals surface area contributed by atoms with Gasteiger partial charge in [0.2, 0.25) is 0 Å². The number of aliphatic hydroxyl groups excluding tert-OH is 1. The second kappa shape index (κ2) is 9.61. The first-order chi connectivity index (χ1) is 19.6. The molecule has 5 heterocycles. The Morgan fingerprint density at radius 1 is 1.05 bits per heavy atom. The number of ether oxygens (including phenoxy) is 1. The maximum atomic E-state index is 13.2. The Kier molecular flexibility index (Phi) is 6.29. The van der Waals surface area contributed by atoms with Crippen LogP contribution < -0.4 is 37.0 Å². The Hall–Kier alpha value is -4.39. The zero-order valence-electron chi connectivity index (χ0n) is 24.4. The van der Waals surface area contributed by atoms with Crippen molar-refractivity contribution in [3.8, 4) is 0 Å². The van der Waals surface area contributed by atoms with Crippen molar-refractivity contribution < 1.29 is 14.6 Å². The summed E-state index contributed by atoms with van der Waals surface area (Å²) in [6.07, 6.45) is 9.88. The summed E-state index contributed by atoms with van der Waals surface area (Å²) in [5.41, 5.74) is 8.02. The molecule has 0 saturated carbocycles. The number of allylic oxidation sites excluding steroid dienone is 1. The Balaban J connectivity index is 1.77. The van der Waals surface area contributed by atoms with Crippen LogP contribution in [-0.2, 0) is 16.0 Å². The van der Waals surface area contributed by atoms with Crippen LogP contribution in [0.4, 0.5) is 0 Å². The summed E-state index contributed by atoms with van der Waals surface area (Å²) in [7, 11) is 1.36. The number of hydrogen-bond acceptors (Lipinski definition) is 4. The van der Waals surface area contributed by atoms with E-state index in [0.717, 1.165) is 79.1 Å². The van der Waals surface area contributed by atoms with Crippen molar-refractivity contribution in [2.24, 2.45) is 17.8 Å². The molecule has 8 bridgehead atoms. The predicted molar refractivity (Wildman–Crippen MR) is 165 cm³/mol. The second-order valence-electron chi connectivity index (χ2n) is 11.4. The lowest BCUT2D eigenvalue weighted by Crippen LogP contribution is -2.38. The molecule has 5 N–H and O–H groups in total. The zero-order valence-corrected chi connectivity index (χ0v) is 24.4. The molecule has 1 unspecified atom stereocenters. The highest BCUT2D eigenvalue weighted by Crippen LogP contribution is 2.41. The van der Waals surface area contributed by atoms with Gasteiger partial charge in [-0.15, -0.1) is 0 Å². The number of methoxy groups -OCH3 is 1. The van der Waals surface area contributed by atoms with Gasteiger partial charge in [0, 0.05) is 55.4 Å². The Morgan fingerprint density at radius 2 is 1.76 bits per heavy atom. The lowest BCUT2D eigenvalue weighted by atomic mass is 9.81. The fourth-order valence-electron chi connectivity index (χ4n) is 7.21. The number of aromatic amines is 3. The van der Waals surface area contributed by atoms with Crippen LogP contribution >= 0.6 is 0 Å². The molecule has 3 aliphatic rings. The number of esters is 1. The molecule has 0 spiro atoms. The van der Waals surface area contributed by atoms with E-state index in [0.29, 0.717) is 10.4 Å². The minimum absolute atomic E-state index is 0.0137. The Labute approximate surface area is 238 Å². The van der Waals surface area contributed by atoms with Gasteiger partial charge in [-0.2, -0.15) is 0 Å². The van der Waals surface area contributed by atoms with Crippen LogP contribution in [0.25, 0.3) is 48.8 Å². The van der Waals surface area contributed by atoms with Crippen molar-refractivity contribution in [2.45, 2.75) is 46.6 Å². The predicted octanol–water partition coefficient (Wildman–Crippen LogP) is 1.27. The van der Waals surface area contributed by atoms with E-state index >= 15 is 0 Å². The highest BCUT2D eigenvalue weighted by molar-refractivity contribution is 5.95. The SMILES string of the molecule is C=Cc1c2[nH]c(c1C)/C=C1\NC(C3=c4[nH]/c(c(=C)c4=C(O)[C@@H]3C(=O)OC)=C\c3[nH]/c(c(=C)c3CC)=C\2)[C@@H](CC)[C@@H]1C. The molecular weight excluding hydrogens is 512 g/mol. The first-order valence-electron chi connectivity index (χ1n) is 14.3. The minimum atomic E-state index is -0.900. The van der Waals surface area contributed by atoms with E-state index in [1.807, 2.05) is 12.2 Å². The number of hydrogen-bond donors (Lipinski definition) is 5. The molecule has 6 rings (SSSR count). The number of aliphatic hydroxyl groups is 1. The van der Waals surface area contributed by atoms with Crippen molar-refractivity contribution in [2.75, 3.05) is 7.11 Å². The summed E-state index contributed by atoms with van der Waals surface area (Å²) >= 11 is 0. The molecule has 2 aliphatic heterocycles. The van der Waals surface area contributed by atoms with Crippen molar-refractivity contribution in [1.82, 2.24) is 20.3 Å². The van der Waals surface area contributed by atoms with Crippen LogP contribution in [0.3, 0.4) is 0 Å². The smallest absolute Gasteiger partial charge is 0.320 e. The fourth-order valence-corrected chi connectivity index (χ4v) is 7.21. The molecule has 0 aromatic carbocycles. The van der Waals surface area contributed by atoms with Crippen molar-refractivity contribution in [3.05, 3.63) is 77.8 Å². The summed E-state index contributed by atoms with van der Waals surface area (Å²) in [6.45, 7) is 21.4. The molecule has 4 atom stereocenters. The molecule has 7 heteroatoms. The van der Waals surface area contributed by atoms with Gasteiger partial charge in [-0.05, 0) is 59.4 Å². The van der Waals surface area contributed by atoms with Crippen LogP contribution in [0, 0.1) is 24.7 Å². The number of nitrogens with one attached hydrogen (secondary N) is 4. The van der Waals surface area contributed by atoms with E-state index in [1.54, 1.807) is 0 Å². The van der Waals surface area contributed by atoms with Gasteiger partial charge in [-0.3, -0.25) is 4.79 Å². The highest BCUT2D eigenvalue weighted by Gasteiger charge is 2.46.